The van der Waals surface area contributed by atoms with E-state index in [1.54, 1.807) is 6.07 Å². The number of aromatic nitrogens is 1. The van der Waals surface area contributed by atoms with E-state index >= 15 is 0 Å². The maximum absolute atomic E-state index is 13.1. The SMILES string of the molecule is Cc1cc(S(=O)(=O)NNC(=O)c2cccnc2)ccc1F. The number of sulfonamides is 1. The minimum Gasteiger partial charge on any atom is -0.273 e. The lowest BCUT2D eigenvalue weighted by Crippen LogP contribution is -2.41. The Balaban J connectivity index is 2.11. The summed E-state index contributed by atoms with van der Waals surface area (Å²) in [5.74, 6) is -1.15. The third-order valence-electron chi connectivity index (χ3n) is 2.66. The second kappa shape index (κ2) is 5.98. The van der Waals surface area contributed by atoms with Crippen molar-refractivity contribution < 1.29 is 17.6 Å². The molecule has 0 bridgehead atoms. The molecule has 0 spiro atoms. The van der Waals surface area contributed by atoms with Gasteiger partial charge in [0, 0.05) is 12.4 Å². The molecular formula is C13H12FN3O3S. The Morgan fingerprint density at radius 1 is 1.29 bits per heavy atom. The fraction of sp³-hybridized carbons (Fsp3) is 0.0769. The molecule has 2 rings (SSSR count). The van der Waals surface area contributed by atoms with Gasteiger partial charge < -0.3 is 0 Å². The molecule has 2 N–H and O–H groups in total. The van der Waals surface area contributed by atoms with E-state index in [4.69, 9.17) is 0 Å². The van der Waals surface area contributed by atoms with Crippen LogP contribution in [0.3, 0.4) is 0 Å². The predicted octanol–water partition coefficient (Wildman–Crippen LogP) is 1.15. The van der Waals surface area contributed by atoms with Crippen LogP contribution in [0.5, 0.6) is 0 Å². The van der Waals surface area contributed by atoms with Crippen LogP contribution in [-0.2, 0) is 10.0 Å². The third-order valence-corrected chi connectivity index (χ3v) is 3.91. The molecule has 1 amide bonds. The number of nitrogens with zero attached hydrogens (tertiary/aromatic N) is 1. The van der Waals surface area contributed by atoms with Crippen LogP contribution in [-0.4, -0.2) is 19.3 Å². The van der Waals surface area contributed by atoms with Crippen LogP contribution in [0.25, 0.3) is 0 Å². The van der Waals surface area contributed by atoms with E-state index < -0.39 is 21.7 Å². The smallest absolute Gasteiger partial charge is 0.267 e. The normalized spacial score (nSPS) is 11.1. The Hall–Kier alpha value is -2.32. The van der Waals surface area contributed by atoms with Crippen molar-refractivity contribution >= 4 is 15.9 Å². The summed E-state index contributed by atoms with van der Waals surface area (Å²) in [5, 5.41) is 0. The molecule has 0 saturated carbocycles. The number of amides is 1. The van der Waals surface area contributed by atoms with Gasteiger partial charge in [0.15, 0.2) is 0 Å². The van der Waals surface area contributed by atoms with E-state index in [2.05, 4.69) is 10.4 Å². The standard InChI is InChI=1S/C13H12FN3O3S/c1-9-7-11(4-5-12(9)14)21(19,20)17-16-13(18)10-3-2-6-15-8-10/h2-8,17H,1H3,(H,16,18). The molecule has 2 aromatic rings. The quantitative estimate of drug-likeness (QED) is 0.829. The van der Waals surface area contributed by atoms with Crippen LogP contribution in [0.15, 0.2) is 47.6 Å². The van der Waals surface area contributed by atoms with Crippen molar-refractivity contribution in [2.45, 2.75) is 11.8 Å². The monoisotopic (exact) mass is 309 g/mol. The van der Waals surface area contributed by atoms with Gasteiger partial charge >= 0.3 is 0 Å². The highest BCUT2D eigenvalue weighted by Crippen LogP contribution is 2.13. The molecule has 0 unspecified atom stereocenters. The van der Waals surface area contributed by atoms with Crippen molar-refractivity contribution in [2.24, 2.45) is 0 Å². The van der Waals surface area contributed by atoms with Gasteiger partial charge in [0.05, 0.1) is 10.5 Å². The van der Waals surface area contributed by atoms with E-state index in [1.165, 1.54) is 31.5 Å². The van der Waals surface area contributed by atoms with Crippen molar-refractivity contribution in [2.75, 3.05) is 0 Å². The Morgan fingerprint density at radius 2 is 2.05 bits per heavy atom. The summed E-state index contributed by atoms with van der Waals surface area (Å²) in [4.78, 5) is 17.3. The van der Waals surface area contributed by atoms with Crippen LogP contribution in [0.1, 0.15) is 15.9 Å². The number of rotatable bonds is 4. The van der Waals surface area contributed by atoms with Crippen molar-refractivity contribution in [3.05, 3.63) is 59.7 Å². The third kappa shape index (κ3) is 3.61. The van der Waals surface area contributed by atoms with Gasteiger partial charge in [-0.05, 0) is 42.8 Å². The molecule has 0 aliphatic carbocycles. The molecule has 8 heteroatoms. The fourth-order valence-corrected chi connectivity index (χ4v) is 2.45. The molecule has 0 saturated heterocycles. The molecular weight excluding hydrogens is 297 g/mol. The van der Waals surface area contributed by atoms with Crippen LogP contribution in [0.4, 0.5) is 4.39 Å². The molecule has 0 aliphatic heterocycles. The summed E-state index contributed by atoms with van der Waals surface area (Å²) in [5.41, 5.74) is 2.46. The summed E-state index contributed by atoms with van der Waals surface area (Å²) in [6.45, 7) is 1.45. The molecule has 0 atom stereocenters. The maximum Gasteiger partial charge on any atom is 0.267 e. The van der Waals surface area contributed by atoms with Gasteiger partial charge in [-0.2, -0.15) is 0 Å². The number of hydrogen-bond donors (Lipinski definition) is 2. The summed E-state index contributed by atoms with van der Waals surface area (Å²) >= 11 is 0. The summed E-state index contributed by atoms with van der Waals surface area (Å²) in [6.07, 6.45) is 2.79. The van der Waals surface area contributed by atoms with Gasteiger partial charge in [0.25, 0.3) is 15.9 Å². The van der Waals surface area contributed by atoms with E-state index in [0.29, 0.717) is 0 Å². The average molecular weight is 309 g/mol. The molecule has 0 radical (unpaired) electrons. The first-order valence-corrected chi connectivity index (χ1v) is 7.37. The number of nitrogens with one attached hydrogen (secondary N) is 2. The van der Waals surface area contributed by atoms with E-state index in [0.717, 1.165) is 12.1 Å². The number of carbonyl (C=O) groups excluding carboxylic acids is 1. The molecule has 0 aliphatic rings. The Bertz CT molecular complexity index is 763. The highest BCUT2D eigenvalue weighted by Gasteiger charge is 2.16. The van der Waals surface area contributed by atoms with Gasteiger partial charge in [0.1, 0.15) is 5.82 Å². The Morgan fingerprint density at radius 3 is 2.67 bits per heavy atom. The minimum atomic E-state index is -3.97. The van der Waals surface area contributed by atoms with Gasteiger partial charge in [0.2, 0.25) is 0 Å². The molecule has 6 nitrogen and oxygen atoms in total. The second-order valence-corrected chi connectivity index (χ2v) is 5.89. The number of halogens is 1. The van der Waals surface area contributed by atoms with E-state index in [1.807, 2.05) is 4.83 Å². The second-order valence-electron chi connectivity index (χ2n) is 4.21. The number of aryl methyl sites for hydroxylation is 1. The van der Waals surface area contributed by atoms with Crippen LogP contribution in [0.2, 0.25) is 0 Å². The molecule has 21 heavy (non-hydrogen) atoms. The van der Waals surface area contributed by atoms with Crippen LogP contribution < -0.4 is 10.3 Å². The molecule has 1 aromatic heterocycles. The highest BCUT2D eigenvalue weighted by atomic mass is 32.2. The number of pyridine rings is 1. The number of carbonyl (C=O) groups is 1. The molecule has 0 fully saturated rings. The highest BCUT2D eigenvalue weighted by molar-refractivity contribution is 7.89. The summed E-state index contributed by atoms with van der Waals surface area (Å²) in [7, 11) is -3.97. The fourth-order valence-electron chi connectivity index (χ4n) is 1.53. The lowest BCUT2D eigenvalue weighted by atomic mass is 10.2. The zero-order valence-corrected chi connectivity index (χ0v) is 11.8. The van der Waals surface area contributed by atoms with E-state index in [-0.39, 0.29) is 16.0 Å². The van der Waals surface area contributed by atoms with Crippen molar-refractivity contribution in [3.8, 4) is 0 Å². The molecule has 1 heterocycles. The largest absolute Gasteiger partial charge is 0.273 e. The summed E-state index contributed by atoms with van der Waals surface area (Å²) < 4.78 is 37.1. The number of benzene rings is 1. The lowest BCUT2D eigenvalue weighted by molar-refractivity contribution is 0.0944. The number of hydrogen-bond acceptors (Lipinski definition) is 4. The maximum atomic E-state index is 13.1. The lowest BCUT2D eigenvalue weighted by Gasteiger charge is -2.09. The first kappa shape index (κ1) is 15.1. The number of hydrazine groups is 1. The predicted molar refractivity (Wildman–Crippen MR) is 73.2 cm³/mol. The van der Waals surface area contributed by atoms with Gasteiger partial charge in [-0.1, -0.05) is 0 Å². The zero-order chi connectivity index (χ0) is 15.5. The molecule has 1 aromatic carbocycles. The topological polar surface area (TPSA) is 88.2 Å². The van der Waals surface area contributed by atoms with Crippen molar-refractivity contribution in [3.63, 3.8) is 0 Å². The van der Waals surface area contributed by atoms with Crippen LogP contribution in [0, 0.1) is 12.7 Å². The molecule has 110 valence electrons. The summed E-state index contributed by atoms with van der Waals surface area (Å²) in [6, 6.07) is 6.37. The van der Waals surface area contributed by atoms with Crippen molar-refractivity contribution in [1.29, 1.82) is 0 Å². The van der Waals surface area contributed by atoms with Gasteiger partial charge in [-0.25, -0.2) is 12.8 Å². The van der Waals surface area contributed by atoms with Crippen LogP contribution >= 0.6 is 0 Å². The zero-order valence-electron chi connectivity index (χ0n) is 11.0. The van der Waals surface area contributed by atoms with Crippen molar-refractivity contribution in [1.82, 2.24) is 15.2 Å². The van der Waals surface area contributed by atoms with Gasteiger partial charge in [-0.3, -0.25) is 15.2 Å². The average Bonchev–Trinajstić information content (AvgIpc) is 2.48. The Kier molecular flexibility index (Phi) is 4.29. The van der Waals surface area contributed by atoms with E-state index in [9.17, 15) is 17.6 Å². The Labute approximate surface area is 121 Å². The first-order chi connectivity index (χ1) is 9.90. The minimum absolute atomic E-state index is 0.145. The van der Waals surface area contributed by atoms with Gasteiger partial charge in [-0.15, -0.1) is 4.83 Å². The first-order valence-electron chi connectivity index (χ1n) is 5.88.